The second-order valence-corrected chi connectivity index (χ2v) is 8.04. The standard InChI is InChI=1S/C17H20N2O5S/c1-24-14-6-7-15(17-13(14)5-2-8-18-17)25(22,23)19-9-3-4-12(11-19)10-16(20)21/h2,5-8,12H,3-4,9-11H2,1H3,(H,20,21). The van der Waals surface area contributed by atoms with E-state index in [0.29, 0.717) is 29.6 Å². The summed E-state index contributed by atoms with van der Waals surface area (Å²) in [6.45, 7) is 0.605. The molecule has 1 aliphatic rings. The molecule has 8 heteroatoms. The van der Waals surface area contributed by atoms with Crippen LogP contribution in [0.4, 0.5) is 0 Å². The number of hydrogen-bond donors (Lipinski definition) is 1. The predicted octanol–water partition coefficient (Wildman–Crippen LogP) is 2.12. The Morgan fingerprint density at radius 3 is 2.92 bits per heavy atom. The van der Waals surface area contributed by atoms with E-state index in [9.17, 15) is 13.2 Å². The number of piperidine rings is 1. The van der Waals surface area contributed by atoms with E-state index < -0.39 is 16.0 Å². The number of fused-ring (bicyclic) bond motifs is 1. The molecule has 2 aromatic rings. The lowest BCUT2D eigenvalue weighted by molar-refractivity contribution is -0.138. The summed E-state index contributed by atoms with van der Waals surface area (Å²) < 4.78 is 32.9. The monoisotopic (exact) mass is 364 g/mol. The fourth-order valence-electron chi connectivity index (χ4n) is 3.30. The zero-order valence-electron chi connectivity index (χ0n) is 13.9. The fraction of sp³-hybridized carbons (Fsp3) is 0.412. The molecule has 3 rings (SSSR count). The van der Waals surface area contributed by atoms with Crippen LogP contribution in [0.25, 0.3) is 10.9 Å². The SMILES string of the molecule is COc1ccc(S(=O)(=O)N2CCCC(CC(=O)O)C2)c2ncccc12. The minimum atomic E-state index is -3.76. The van der Waals surface area contributed by atoms with Gasteiger partial charge in [-0.25, -0.2) is 8.42 Å². The number of carboxylic acid groups (broad SMARTS) is 1. The van der Waals surface area contributed by atoms with Gasteiger partial charge in [0.2, 0.25) is 10.0 Å². The Labute approximate surface area is 146 Å². The lowest BCUT2D eigenvalue weighted by Crippen LogP contribution is -2.40. The summed E-state index contributed by atoms with van der Waals surface area (Å²) in [6, 6.07) is 6.62. The molecule has 0 amide bonds. The first-order chi connectivity index (χ1) is 11.9. The van der Waals surface area contributed by atoms with Gasteiger partial charge in [-0.1, -0.05) is 0 Å². The first-order valence-corrected chi connectivity index (χ1v) is 9.51. The highest BCUT2D eigenvalue weighted by molar-refractivity contribution is 7.89. The molecule has 1 fully saturated rings. The second kappa shape index (κ2) is 6.97. The minimum Gasteiger partial charge on any atom is -0.496 e. The van der Waals surface area contributed by atoms with Crippen molar-refractivity contribution in [3.63, 3.8) is 0 Å². The van der Waals surface area contributed by atoms with Crippen molar-refractivity contribution < 1.29 is 23.1 Å². The maximum Gasteiger partial charge on any atom is 0.303 e. The summed E-state index contributed by atoms with van der Waals surface area (Å²) in [5.74, 6) is -0.510. The van der Waals surface area contributed by atoms with Crippen LogP contribution in [0.3, 0.4) is 0 Å². The van der Waals surface area contributed by atoms with Crippen LogP contribution in [0.1, 0.15) is 19.3 Å². The van der Waals surface area contributed by atoms with E-state index in [4.69, 9.17) is 9.84 Å². The normalized spacial score (nSPS) is 19.0. The molecule has 0 saturated carbocycles. The Hall–Kier alpha value is -2.19. The third-order valence-corrected chi connectivity index (χ3v) is 6.37. The zero-order valence-corrected chi connectivity index (χ0v) is 14.7. The topological polar surface area (TPSA) is 96.8 Å². The van der Waals surface area contributed by atoms with Crippen LogP contribution < -0.4 is 4.74 Å². The third-order valence-electron chi connectivity index (χ3n) is 4.48. The van der Waals surface area contributed by atoms with Crippen LogP contribution in [0.15, 0.2) is 35.4 Å². The molecule has 1 unspecified atom stereocenters. The fourth-order valence-corrected chi connectivity index (χ4v) is 5.01. The molecule has 0 aliphatic carbocycles. The van der Waals surface area contributed by atoms with Gasteiger partial charge in [0, 0.05) is 31.1 Å². The molecule has 0 spiro atoms. The van der Waals surface area contributed by atoms with Gasteiger partial charge in [0.1, 0.15) is 10.6 Å². The van der Waals surface area contributed by atoms with Gasteiger partial charge in [-0.2, -0.15) is 4.31 Å². The van der Waals surface area contributed by atoms with Gasteiger partial charge in [0.15, 0.2) is 0 Å². The molecule has 1 N–H and O–H groups in total. The molecule has 1 saturated heterocycles. The van der Waals surface area contributed by atoms with Crippen molar-refractivity contribution in [1.29, 1.82) is 0 Å². The van der Waals surface area contributed by atoms with Crippen LogP contribution in [-0.2, 0) is 14.8 Å². The Morgan fingerprint density at radius 2 is 2.20 bits per heavy atom. The Balaban J connectivity index is 2.00. The van der Waals surface area contributed by atoms with Crippen molar-refractivity contribution in [3.05, 3.63) is 30.5 Å². The van der Waals surface area contributed by atoms with Crippen molar-refractivity contribution >= 4 is 26.9 Å². The molecule has 1 aromatic carbocycles. The molecule has 134 valence electrons. The van der Waals surface area contributed by atoms with Crippen molar-refractivity contribution in [3.8, 4) is 5.75 Å². The number of carbonyl (C=O) groups is 1. The number of ether oxygens (including phenoxy) is 1. The molecular formula is C17H20N2O5S. The van der Waals surface area contributed by atoms with E-state index in [1.807, 2.05) is 0 Å². The lowest BCUT2D eigenvalue weighted by Gasteiger charge is -2.31. The van der Waals surface area contributed by atoms with Crippen molar-refractivity contribution in [2.24, 2.45) is 5.92 Å². The second-order valence-electron chi connectivity index (χ2n) is 6.13. The van der Waals surface area contributed by atoms with E-state index in [1.165, 1.54) is 17.5 Å². The first kappa shape index (κ1) is 17.6. The van der Waals surface area contributed by atoms with Gasteiger partial charge in [0.25, 0.3) is 0 Å². The number of sulfonamides is 1. The van der Waals surface area contributed by atoms with Crippen molar-refractivity contribution in [2.75, 3.05) is 20.2 Å². The van der Waals surface area contributed by atoms with Gasteiger partial charge in [-0.3, -0.25) is 9.78 Å². The molecular weight excluding hydrogens is 344 g/mol. The van der Waals surface area contributed by atoms with Crippen LogP contribution in [-0.4, -0.2) is 49.0 Å². The van der Waals surface area contributed by atoms with Crippen LogP contribution in [0.5, 0.6) is 5.75 Å². The number of benzene rings is 1. The number of aromatic nitrogens is 1. The van der Waals surface area contributed by atoms with Crippen molar-refractivity contribution in [1.82, 2.24) is 9.29 Å². The molecule has 1 aliphatic heterocycles. The van der Waals surface area contributed by atoms with E-state index in [1.54, 1.807) is 24.4 Å². The number of pyridine rings is 1. The van der Waals surface area contributed by atoms with Crippen molar-refractivity contribution in [2.45, 2.75) is 24.2 Å². The molecule has 25 heavy (non-hydrogen) atoms. The number of aliphatic carboxylic acids is 1. The lowest BCUT2D eigenvalue weighted by atomic mass is 9.96. The highest BCUT2D eigenvalue weighted by Crippen LogP contribution is 2.32. The third kappa shape index (κ3) is 3.45. The first-order valence-electron chi connectivity index (χ1n) is 8.07. The Morgan fingerprint density at radius 1 is 1.40 bits per heavy atom. The summed E-state index contributed by atoms with van der Waals surface area (Å²) in [6.07, 6.45) is 2.90. The smallest absolute Gasteiger partial charge is 0.303 e. The van der Waals surface area contributed by atoms with E-state index in [-0.39, 0.29) is 23.8 Å². The van der Waals surface area contributed by atoms with E-state index in [0.717, 1.165) is 6.42 Å². The summed E-state index contributed by atoms with van der Waals surface area (Å²) in [4.78, 5) is 15.3. The average Bonchev–Trinajstić information content (AvgIpc) is 2.60. The highest BCUT2D eigenvalue weighted by atomic mass is 32.2. The Kier molecular flexibility index (Phi) is 4.91. The number of nitrogens with zero attached hydrogens (tertiary/aromatic N) is 2. The molecule has 1 aromatic heterocycles. The molecule has 7 nitrogen and oxygen atoms in total. The Bertz CT molecular complexity index is 897. The van der Waals surface area contributed by atoms with Gasteiger partial charge >= 0.3 is 5.97 Å². The largest absolute Gasteiger partial charge is 0.496 e. The quantitative estimate of drug-likeness (QED) is 0.873. The average molecular weight is 364 g/mol. The van der Waals surface area contributed by atoms with Crippen LogP contribution in [0, 0.1) is 5.92 Å². The van der Waals surface area contributed by atoms with Gasteiger partial charge in [0.05, 0.1) is 12.6 Å². The minimum absolute atomic E-state index is 0.0202. The zero-order chi connectivity index (χ0) is 18.0. The number of methoxy groups -OCH3 is 1. The van der Waals surface area contributed by atoms with E-state index >= 15 is 0 Å². The van der Waals surface area contributed by atoms with Crippen LogP contribution in [0.2, 0.25) is 0 Å². The van der Waals surface area contributed by atoms with E-state index in [2.05, 4.69) is 4.98 Å². The maximum absolute atomic E-state index is 13.1. The maximum atomic E-state index is 13.1. The van der Waals surface area contributed by atoms with Crippen LogP contribution >= 0.6 is 0 Å². The molecule has 1 atom stereocenters. The summed E-state index contributed by atoms with van der Waals surface area (Å²) in [5.41, 5.74) is 0.363. The summed E-state index contributed by atoms with van der Waals surface area (Å²) in [7, 11) is -2.24. The van der Waals surface area contributed by atoms with Gasteiger partial charge < -0.3 is 9.84 Å². The summed E-state index contributed by atoms with van der Waals surface area (Å²) in [5, 5.41) is 9.61. The highest BCUT2D eigenvalue weighted by Gasteiger charge is 2.32. The number of rotatable bonds is 5. The van der Waals surface area contributed by atoms with Gasteiger partial charge in [-0.05, 0) is 43.0 Å². The van der Waals surface area contributed by atoms with Gasteiger partial charge in [-0.15, -0.1) is 0 Å². The number of hydrogen-bond acceptors (Lipinski definition) is 5. The predicted molar refractivity (Wildman–Crippen MR) is 92.0 cm³/mol. The number of carboxylic acids is 1. The molecule has 2 heterocycles. The molecule has 0 bridgehead atoms. The molecule has 0 radical (unpaired) electrons. The summed E-state index contributed by atoms with van der Waals surface area (Å²) >= 11 is 0.